The number of nitrogens with zero attached hydrogens (tertiary/aromatic N) is 2. The summed E-state index contributed by atoms with van der Waals surface area (Å²) >= 11 is 1.36. The van der Waals surface area contributed by atoms with E-state index in [1.54, 1.807) is 0 Å². The van der Waals surface area contributed by atoms with Crippen LogP contribution < -0.4 is 5.14 Å². The van der Waals surface area contributed by atoms with Crippen molar-refractivity contribution in [1.29, 1.82) is 0 Å². The lowest BCUT2D eigenvalue weighted by Crippen LogP contribution is -2.17. The number of pyridine rings is 1. The first-order chi connectivity index (χ1) is 7.64. The van der Waals surface area contributed by atoms with Crippen LogP contribution in [0.2, 0.25) is 0 Å². The Bertz CT molecular complexity index is 577. The first-order valence-corrected chi connectivity index (χ1v) is 6.43. The van der Waals surface area contributed by atoms with Gasteiger partial charge in [-0.05, 0) is 22.6 Å². The molecule has 0 atom stereocenters. The van der Waals surface area contributed by atoms with E-state index in [4.69, 9.17) is 0 Å². The van der Waals surface area contributed by atoms with Gasteiger partial charge in [-0.15, -0.1) is 0 Å². The molecule has 2 N–H and O–H groups in total. The van der Waals surface area contributed by atoms with Gasteiger partial charge < -0.3 is 0 Å². The van der Waals surface area contributed by atoms with Crippen LogP contribution in [0.1, 0.15) is 12.1 Å². The Balaban J connectivity index is 3.66. The molecule has 1 heterocycles. The second-order valence-corrected chi connectivity index (χ2v) is 5.34. The van der Waals surface area contributed by atoms with Crippen LogP contribution in [-0.4, -0.2) is 18.3 Å². The third-order valence-corrected chi connectivity index (χ3v) is 3.39. The smallest absolute Gasteiger partial charge is 0.258 e. The number of primary sulfonamides is 1. The van der Waals surface area contributed by atoms with Crippen LogP contribution in [0.3, 0.4) is 0 Å². The lowest BCUT2D eigenvalue weighted by atomic mass is 10.3. The summed E-state index contributed by atoms with van der Waals surface area (Å²) < 4.78 is 46.7. The quantitative estimate of drug-likeness (QED) is 0.366. The fourth-order valence-corrected chi connectivity index (χ4v) is 2.30. The molecule has 0 aliphatic rings. The third kappa shape index (κ3) is 3.04. The highest BCUT2D eigenvalue weighted by Gasteiger charge is 2.28. The molecule has 1 aromatic heterocycles. The maximum Gasteiger partial charge on any atom is 0.302 e. The number of halogens is 3. The molecule has 0 unspecified atom stereocenters. The predicted molar refractivity (Wildman–Crippen MR) is 59.9 cm³/mol. The summed E-state index contributed by atoms with van der Waals surface area (Å²) in [5.41, 5.74) is -1.79. The van der Waals surface area contributed by atoms with E-state index in [1.165, 1.54) is 22.6 Å². The second-order valence-electron chi connectivity index (χ2n) is 2.78. The summed E-state index contributed by atoms with van der Waals surface area (Å²) in [5, 5.41) is 15.2. The molecule has 0 aromatic carbocycles. The third-order valence-electron chi connectivity index (χ3n) is 1.66. The minimum absolute atomic E-state index is 0.338. The molecule has 0 aliphatic heterocycles. The van der Waals surface area contributed by atoms with Crippen LogP contribution in [-0.2, 0) is 10.0 Å². The number of hydrogen-bond acceptors (Lipinski definition) is 5. The van der Waals surface area contributed by atoms with Crippen LogP contribution in [0.4, 0.5) is 14.5 Å². The van der Waals surface area contributed by atoms with E-state index < -0.39 is 37.6 Å². The number of rotatable bonds is 3. The number of alkyl halides is 2. The zero-order valence-electron chi connectivity index (χ0n) is 7.80. The lowest BCUT2D eigenvalue weighted by molar-refractivity contribution is -0.386. The Hall–Kier alpha value is -0.950. The Kier molecular flexibility index (Phi) is 3.93. The SMILES string of the molecule is NS(=O)(=O)c1cc([N+](=O)[O-])c(I)nc1C(F)F. The maximum absolute atomic E-state index is 12.5. The molecule has 17 heavy (non-hydrogen) atoms. The van der Waals surface area contributed by atoms with Crippen LogP contribution >= 0.6 is 22.6 Å². The average molecular weight is 379 g/mol. The molecule has 0 spiro atoms. The summed E-state index contributed by atoms with van der Waals surface area (Å²) in [6.07, 6.45) is -3.20. The van der Waals surface area contributed by atoms with E-state index in [0.29, 0.717) is 6.07 Å². The van der Waals surface area contributed by atoms with Crippen LogP contribution in [0.25, 0.3) is 0 Å². The van der Waals surface area contributed by atoms with E-state index in [-0.39, 0.29) is 3.70 Å². The molecule has 0 fully saturated rings. The molecule has 1 aromatic rings. The van der Waals surface area contributed by atoms with Gasteiger partial charge in [-0.3, -0.25) is 10.1 Å². The highest BCUT2D eigenvalue weighted by molar-refractivity contribution is 14.1. The van der Waals surface area contributed by atoms with Gasteiger partial charge in [0.25, 0.3) is 6.43 Å². The van der Waals surface area contributed by atoms with Crippen molar-refractivity contribution in [3.63, 3.8) is 0 Å². The Labute approximate surface area is 107 Å². The molecule has 0 saturated heterocycles. The predicted octanol–water partition coefficient (Wildman–Crippen LogP) is 1.18. The van der Waals surface area contributed by atoms with Gasteiger partial charge >= 0.3 is 5.69 Å². The average Bonchev–Trinajstić information content (AvgIpc) is 2.14. The fourth-order valence-electron chi connectivity index (χ4n) is 0.988. The summed E-state index contributed by atoms with van der Waals surface area (Å²) in [5.74, 6) is 0. The van der Waals surface area contributed by atoms with Crippen molar-refractivity contribution in [1.82, 2.24) is 4.98 Å². The van der Waals surface area contributed by atoms with E-state index in [0.717, 1.165) is 0 Å². The number of aromatic nitrogens is 1. The van der Waals surface area contributed by atoms with Crippen LogP contribution in [0, 0.1) is 13.8 Å². The Morgan fingerprint density at radius 1 is 1.53 bits per heavy atom. The van der Waals surface area contributed by atoms with Gasteiger partial charge in [-0.2, -0.15) is 0 Å². The van der Waals surface area contributed by atoms with E-state index >= 15 is 0 Å². The Morgan fingerprint density at radius 3 is 2.41 bits per heavy atom. The van der Waals surface area contributed by atoms with Crippen molar-refractivity contribution in [2.24, 2.45) is 5.14 Å². The van der Waals surface area contributed by atoms with Crippen molar-refractivity contribution >= 4 is 38.3 Å². The molecule has 0 amide bonds. The molecule has 0 aliphatic carbocycles. The number of sulfonamides is 1. The van der Waals surface area contributed by atoms with Gasteiger partial charge in [0.1, 0.15) is 10.6 Å². The molecule has 1 rings (SSSR count). The van der Waals surface area contributed by atoms with Crippen LogP contribution in [0.15, 0.2) is 11.0 Å². The molecular formula is C6H4F2IN3O4S. The van der Waals surface area contributed by atoms with E-state index in [9.17, 15) is 27.3 Å². The summed E-state index contributed by atoms with van der Waals surface area (Å²) in [6, 6.07) is 0.478. The van der Waals surface area contributed by atoms with Crippen molar-refractivity contribution in [2.45, 2.75) is 11.3 Å². The molecule has 0 bridgehead atoms. The summed E-state index contributed by atoms with van der Waals surface area (Å²) in [7, 11) is -4.50. The standard InChI is InChI=1S/C6H4F2IN3O4S/c7-5(8)4-3(17(10,15)16)1-2(12(13)14)6(9)11-4/h1,5H,(H2,10,15,16). The van der Waals surface area contributed by atoms with Gasteiger partial charge in [0.2, 0.25) is 10.0 Å². The van der Waals surface area contributed by atoms with Crippen molar-refractivity contribution in [3.05, 3.63) is 25.6 Å². The van der Waals surface area contributed by atoms with Crippen molar-refractivity contribution in [3.8, 4) is 0 Å². The minimum atomic E-state index is -4.50. The molecule has 11 heteroatoms. The highest BCUT2D eigenvalue weighted by Crippen LogP contribution is 2.29. The summed E-state index contributed by atoms with van der Waals surface area (Å²) in [4.78, 5) is 11.7. The number of nitrogens with two attached hydrogens (primary N) is 1. The zero-order chi connectivity index (χ0) is 13.4. The molecule has 0 saturated carbocycles. The fraction of sp³-hybridized carbons (Fsp3) is 0.167. The van der Waals surface area contributed by atoms with Crippen molar-refractivity contribution < 1.29 is 22.1 Å². The Morgan fingerprint density at radius 2 is 2.06 bits per heavy atom. The number of nitro groups is 1. The summed E-state index contributed by atoms with van der Waals surface area (Å²) in [6.45, 7) is 0. The van der Waals surface area contributed by atoms with E-state index in [1.807, 2.05) is 0 Å². The number of hydrogen-bond donors (Lipinski definition) is 1. The van der Waals surface area contributed by atoms with Gasteiger partial charge in [0.15, 0.2) is 3.70 Å². The topological polar surface area (TPSA) is 116 Å². The maximum atomic E-state index is 12.5. The monoisotopic (exact) mass is 379 g/mol. The first kappa shape index (κ1) is 14.1. The zero-order valence-corrected chi connectivity index (χ0v) is 10.8. The molecule has 94 valence electrons. The normalized spacial score (nSPS) is 11.8. The first-order valence-electron chi connectivity index (χ1n) is 3.80. The van der Waals surface area contributed by atoms with Gasteiger partial charge in [-0.1, -0.05) is 0 Å². The minimum Gasteiger partial charge on any atom is -0.258 e. The van der Waals surface area contributed by atoms with Crippen molar-refractivity contribution in [2.75, 3.05) is 0 Å². The molecule has 7 nitrogen and oxygen atoms in total. The lowest BCUT2D eigenvalue weighted by Gasteiger charge is -2.06. The largest absolute Gasteiger partial charge is 0.302 e. The second kappa shape index (κ2) is 4.73. The van der Waals surface area contributed by atoms with Gasteiger partial charge in [-0.25, -0.2) is 27.3 Å². The van der Waals surface area contributed by atoms with Gasteiger partial charge in [0, 0.05) is 6.07 Å². The highest BCUT2D eigenvalue weighted by atomic mass is 127. The molecule has 0 radical (unpaired) electrons. The van der Waals surface area contributed by atoms with Gasteiger partial charge in [0.05, 0.1) is 4.92 Å². The van der Waals surface area contributed by atoms with E-state index in [2.05, 4.69) is 10.1 Å². The van der Waals surface area contributed by atoms with Crippen LogP contribution in [0.5, 0.6) is 0 Å². The molecular weight excluding hydrogens is 375 g/mol.